The first-order valence-corrected chi connectivity index (χ1v) is 0.224. The molecule has 0 aromatic heterocycles. The fraction of sp³-hybridized carbons (Fsp3) is 0. The average molecular weight is 274 g/mol. The van der Waals surface area contributed by atoms with E-state index in [-0.39, 0.29) is 104 Å². The number of rotatable bonds is 0. The first-order chi connectivity index (χ1) is 1.00. The third-order valence-corrected chi connectivity index (χ3v) is 0. The molecule has 0 saturated heterocycles. The largest absolute Gasteiger partial charge is 1.00 e. The molecule has 0 aromatic rings. The van der Waals surface area contributed by atoms with E-state index >= 15 is 0 Å². The van der Waals surface area contributed by atoms with E-state index in [0.29, 0.717) is 0 Å². The first-order valence-electron chi connectivity index (χ1n) is 0.224. The Labute approximate surface area is 113 Å². The molecule has 5 heavy (non-hydrogen) atoms. The van der Waals surface area contributed by atoms with E-state index in [9.17, 15) is 0 Å². The van der Waals surface area contributed by atoms with Gasteiger partial charge in [-0.1, -0.05) is 0 Å². The normalized spacial score (nSPS) is 0.400. The third-order valence-electron chi connectivity index (χ3n) is 0. The van der Waals surface area contributed by atoms with E-state index in [1.165, 1.54) is 0 Å². The quantitative estimate of drug-likeness (QED) is 0.346. The topological polar surface area (TPSA) is 23.8 Å². The van der Waals surface area contributed by atoms with E-state index in [4.69, 9.17) is 11.8 Å². The average Bonchev–Trinajstić information content (AvgIpc) is 1.00. The maximum Gasteiger partial charge on any atom is 1.00 e. The Morgan fingerprint density at radius 3 is 1.40 bits per heavy atom. The molecule has 4 heteroatoms. The fourth-order valence-electron chi connectivity index (χ4n) is 0. The van der Waals surface area contributed by atoms with Crippen LogP contribution in [0.3, 0.4) is 0 Å². The van der Waals surface area contributed by atoms with Crippen molar-refractivity contribution in [3.05, 3.63) is 6.57 Å². The van der Waals surface area contributed by atoms with Gasteiger partial charge in [0.05, 0.1) is 0 Å². The van der Waals surface area contributed by atoms with Crippen molar-refractivity contribution in [1.82, 2.24) is 0 Å². The van der Waals surface area contributed by atoms with Crippen molar-refractivity contribution in [2.45, 2.75) is 0 Å². The van der Waals surface area contributed by atoms with Crippen LogP contribution in [0.15, 0.2) is 0 Å². The van der Waals surface area contributed by atoms with Gasteiger partial charge in [0.1, 0.15) is 0 Å². The second kappa shape index (κ2) is 31.0. The molecule has 0 aromatic carbocycles. The van der Waals surface area contributed by atoms with Crippen molar-refractivity contribution >= 4 is 0 Å². The van der Waals surface area contributed by atoms with Crippen molar-refractivity contribution in [2.75, 3.05) is 0 Å². The predicted molar refractivity (Wildman–Crippen MR) is 6.08 cm³/mol. The summed E-state index contributed by atoms with van der Waals surface area (Å²) in [5.41, 5.74) is 0. The summed E-state index contributed by atoms with van der Waals surface area (Å²) >= 11 is 0. The minimum Gasteiger partial charge on any atom is -1.00 e. The van der Waals surface area contributed by atoms with Gasteiger partial charge < -0.3 is 13.3 Å². The van der Waals surface area contributed by atoms with Crippen molar-refractivity contribution < 1.29 is 104 Å². The van der Waals surface area contributed by atoms with Gasteiger partial charge in [0.15, 0.2) is 0 Å². The summed E-state index contributed by atoms with van der Waals surface area (Å²) < 4.78 is 0. The van der Waals surface area contributed by atoms with Gasteiger partial charge in [-0.15, -0.1) is 0 Å². The van der Waals surface area contributed by atoms with Gasteiger partial charge in [-0.05, 0) is 0 Å². The van der Waals surface area contributed by atoms with Crippen LogP contribution in [0.1, 0.15) is 1.43 Å². The van der Waals surface area contributed by atoms with E-state index in [2.05, 4.69) is 0 Å². The molecule has 0 atom stereocenters. The monoisotopic (exact) mass is 274 g/mol. The molecule has 0 aliphatic carbocycles. The molecule has 1 nitrogen and oxygen atoms in total. The van der Waals surface area contributed by atoms with E-state index < -0.39 is 0 Å². The number of hydrogen-bond acceptors (Lipinski definition) is 1. The fourth-order valence-corrected chi connectivity index (χ4v) is 0. The molecule has 0 aliphatic rings. The maximum atomic E-state index is 6.25. The van der Waals surface area contributed by atoms with Gasteiger partial charge in [-0.3, -0.25) is 0 Å². The Balaban J connectivity index is -0.000000000833. The Bertz CT molecular complexity index is 20.3. The summed E-state index contributed by atoms with van der Waals surface area (Å²) in [6.45, 7) is 4.75. The Morgan fingerprint density at radius 1 is 1.40 bits per heavy atom. The second-order valence-corrected chi connectivity index (χ2v) is 0. The summed E-state index contributed by atoms with van der Waals surface area (Å²) in [6, 6.07) is 0. The molecule has 0 rings (SSSR count). The molecule has 0 radical (unpaired) electrons. The number of hydrogen-bond donors (Lipinski definition) is 0. The Hall–Kier alpha value is 2.55. The van der Waals surface area contributed by atoms with Gasteiger partial charge >= 0.3 is 68.9 Å². The van der Waals surface area contributed by atoms with Crippen LogP contribution < -0.4 is 68.9 Å². The van der Waals surface area contributed by atoms with E-state index in [1.807, 2.05) is 0 Å². The van der Waals surface area contributed by atoms with Crippen molar-refractivity contribution in [3.63, 3.8) is 0 Å². The van der Waals surface area contributed by atoms with Crippen molar-refractivity contribution in [2.24, 2.45) is 0 Å². The molecule has 0 spiro atoms. The zero-order valence-electron chi connectivity index (χ0n) is 3.62. The molecular weight excluding hydrogens is 273 g/mol. The summed E-state index contributed by atoms with van der Waals surface area (Å²) in [4.78, 5) is 0. The van der Waals surface area contributed by atoms with Gasteiger partial charge in [-0.2, -0.15) is 0 Å². The summed E-state index contributed by atoms with van der Waals surface area (Å²) in [7, 11) is 0. The molecule has 0 aliphatic heterocycles. The SMILES string of the molecule is [C-]#N.[Cs+].[Fe].[H-].[Ni]. The minimum absolute atomic E-state index is 0. The number of nitrogens with zero attached hydrogens (tertiary/aromatic N) is 1. The summed E-state index contributed by atoms with van der Waals surface area (Å²) in [6.07, 6.45) is 0. The molecule has 0 saturated carbocycles. The van der Waals surface area contributed by atoms with Crippen LogP contribution in [0, 0.1) is 11.8 Å². The molecule has 0 N–H and O–H groups in total. The van der Waals surface area contributed by atoms with Gasteiger partial charge in [-0.25, -0.2) is 0 Å². The molecule has 0 amide bonds. The maximum absolute atomic E-state index is 6.25. The summed E-state index contributed by atoms with van der Waals surface area (Å²) in [5.74, 6) is 0. The van der Waals surface area contributed by atoms with Gasteiger partial charge in [0.25, 0.3) is 0 Å². The van der Waals surface area contributed by atoms with Crippen LogP contribution in [0.4, 0.5) is 0 Å². The molecular formula is CHCsFeNNi-. The summed E-state index contributed by atoms with van der Waals surface area (Å²) in [5, 5.41) is 6.25. The first kappa shape index (κ1) is 25.7. The molecule has 0 heterocycles. The standard InChI is InChI=1S/CN.Cs.Fe.Ni.H/c1-2;;;;/q-1;+1;;;-1. The van der Waals surface area contributed by atoms with Crippen LogP contribution >= 0.6 is 0 Å². The van der Waals surface area contributed by atoms with Gasteiger partial charge in [0, 0.05) is 33.6 Å². The molecule has 0 fully saturated rings. The van der Waals surface area contributed by atoms with Crippen LogP contribution in [-0.2, 0) is 33.6 Å². The minimum atomic E-state index is 0. The van der Waals surface area contributed by atoms with Crippen molar-refractivity contribution in [3.8, 4) is 0 Å². The molecule has 0 bridgehead atoms. The van der Waals surface area contributed by atoms with Crippen LogP contribution in [0.2, 0.25) is 0 Å². The molecule has 30 valence electrons. The Kier molecular flexibility index (Phi) is 159. The van der Waals surface area contributed by atoms with E-state index in [1.54, 1.807) is 0 Å². The van der Waals surface area contributed by atoms with Crippen molar-refractivity contribution in [1.29, 1.82) is 5.26 Å². The van der Waals surface area contributed by atoms with Crippen LogP contribution in [0.25, 0.3) is 0 Å². The Morgan fingerprint density at radius 2 is 1.40 bits per heavy atom. The third kappa shape index (κ3) is 20.8. The zero-order chi connectivity index (χ0) is 2.00. The molecule has 0 unspecified atom stereocenters. The predicted octanol–water partition coefficient (Wildman–Crippen LogP) is -2.79. The van der Waals surface area contributed by atoms with Crippen LogP contribution in [0.5, 0.6) is 0 Å². The zero-order valence-corrected chi connectivity index (χ0v) is 11.0. The van der Waals surface area contributed by atoms with Gasteiger partial charge in [0.2, 0.25) is 0 Å². The van der Waals surface area contributed by atoms with E-state index in [0.717, 1.165) is 0 Å². The van der Waals surface area contributed by atoms with Crippen LogP contribution in [-0.4, -0.2) is 0 Å². The smallest absolute Gasteiger partial charge is 1.00 e. The second-order valence-electron chi connectivity index (χ2n) is 0.